The van der Waals surface area contributed by atoms with Crippen LogP contribution < -0.4 is 5.11 Å². The Morgan fingerprint density at radius 2 is 0.559 bits per heavy atom. The number of hydrogen-bond donors (Lipinski definition) is 0. The summed E-state index contributed by atoms with van der Waals surface area (Å²) in [6.07, 6.45) is 113. The maximum absolute atomic E-state index is 13.0. The lowest BCUT2D eigenvalue weighted by molar-refractivity contribution is -0.870. The first-order chi connectivity index (χ1) is 50.1. The standard InChI is InChI=1S/C93H167NO8/c1-6-8-10-12-14-16-18-20-22-24-26-28-30-32-34-36-38-40-42-44-45-46-47-48-50-52-54-56-58-60-62-64-66-68-70-72-74-76-78-80-82-84-91(96)102-89(88-101-93(92(97)98)99-86-85-94(3,4)5)87-100-90(95)83-81-79-77-75-73-71-69-67-65-63-61-59-57-55-53-51-49-43-41-39-37-35-33-31-29-27-25-23-21-19-17-15-13-11-9-7-2/h8,10,14,16,20,22,26,28,32,34,38,40,44-45,47-48,89,93H,6-7,9,11-13,15,17-19,21,23-25,27,29-31,33,35-37,39,41-43,46,49-88H2,1-5H3/b10-8-,16-14-,22-20-,28-26-,34-32-,40-38-,45-44-,48-47-. The smallest absolute Gasteiger partial charge is 0.306 e. The van der Waals surface area contributed by atoms with Crippen LogP contribution in [0.3, 0.4) is 0 Å². The Balaban J connectivity index is 3.96. The predicted octanol–water partition coefficient (Wildman–Crippen LogP) is 27.3. The van der Waals surface area contributed by atoms with Crippen molar-refractivity contribution in [3.05, 3.63) is 97.2 Å². The number of carboxylic acid groups (broad SMARTS) is 1. The number of allylic oxidation sites excluding steroid dienone is 16. The molecular weight excluding hydrogens is 1260 g/mol. The molecule has 0 aliphatic rings. The van der Waals surface area contributed by atoms with E-state index in [-0.39, 0.29) is 32.2 Å². The van der Waals surface area contributed by atoms with Crippen LogP contribution in [0, 0.1) is 0 Å². The van der Waals surface area contributed by atoms with Gasteiger partial charge in [-0.15, -0.1) is 0 Å². The Bertz CT molecular complexity index is 2010. The molecule has 0 bridgehead atoms. The molecule has 0 saturated heterocycles. The van der Waals surface area contributed by atoms with E-state index in [1.165, 1.54) is 302 Å². The molecule has 0 radical (unpaired) electrons. The van der Waals surface area contributed by atoms with Crippen molar-refractivity contribution < 1.29 is 42.9 Å². The highest BCUT2D eigenvalue weighted by Gasteiger charge is 2.22. The zero-order chi connectivity index (χ0) is 73.9. The van der Waals surface area contributed by atoms with Crippen molar-refractivity contribution >= 4 is 17.9 Å². The lowest BCUT2D eigenvalue weighted by Crippen LogP contribution is -2.44. The van der Waals surface area contributed by atoms with E-state index < -0.39 is 24.3 Å². The minimum Gasteiger partial charge on any atom is -0.545 e. The summed E-state index contributed by atoms with van der Waals surface area (Å²) in [6, 6.07) is 0. The zero-order valence-electron chi connectivity index (χ0n) is 68.0. The van der Waals surface area contributed by atoms with Gasteiger partial charge in [0.1, 0.15) is 13.2 Å². The number of nitrogens with zero attached hydrogens (tertiary/aromatic N) is 1. The van der Waals surface area contributed by atoms with Crippen LogP contribution in [0.25, 0.3) is 0 Å². The predicted molar refractivity (Wildman–Crippen MR) is 440 cm³/mol. The minimum absolute atomic E-state index is 0.148. The van der Waals surface area contributed by atoms with Crippen LogP contribution >= 0.6 is 0 Å². The zero-order valence-corrected chi connectivity index (χ0v) is 68.0. The van der Waals surface area contributed by atoms with Crippen LogP contribution in [0.2, 0.25) is 0 Å². The van der Waals surface area contributed by atoms with Gasteiger partial charge in [0.15, 0.2) is 12.4 Å². The van der Waals surface area contributed by atoms with E-state index in [9.17, 15) is 19.5 Å². The number of likely N-dealkylation sites (N-methyl/N-ethyl adjacent to an activating group) is 1. The summed E-state index contributed by atoms with van der Waals surface area (Å²) in [6.45, 7) is 4.70. The molecule has 2 unspecified atom stereocenters. The van der Waals surface area contributed by atoms with Gasteiger partial charge in [-0.25, -0.2) is 0 Å². The maximum atomic E-state index is 13.0. The van der Waals surface area contributed by atoms with Crippen molar-refractivity contribution in [2.24, 2.45) is 0 Å². The highest BCUT2D eigenvalue weighted by atomic mass is 16.7. The summed E-state index contributed by atoms with van der Waals surface area (Å²) < 4.78 is 22.9. The van der Waals surface area contributed by atoms with Crippen LogP contribution in [-0.2, 0) is 33.3 Å². The van der Waals surface area contributed by atoms with Crippen molar-refractivity contribution in [1.29, 1.82) is 0 Å². The van der Waals surface area contributed by atoms with E-state index in [1.807, 2.05) is 21.1 Å². The average Bonchev–Trinajstić information content (AvgIpc) is 0.999. The molecule has 9 heteroatoms. The number of carboxylic acids is 1. The van der Waals surface area contributed by atoms with Gasteiger partial charge in [0.25, 0.3) is 0 Å². The Hall–Kier alpha value is -3.79. The van der Waals surface area contributed by atoms with Crippen LogP contribution in [0.1, 0.15) is 418 Å². The summed E-state index contributed by atoms with van der Waals surface area (Å²) >= 11 is 0. The third-order valence-electron chi connectivity index (χ3n) is 19.6. The molecule has 0 amide bonds. The van der Waals surface area contributed by atoms with Gasteiger partial charge in [-0.1, -0.05) is 426 Å². The number of carbonyl (C=O) groups is 3. The third kappa shape index (κ3) is 83.5. The Morgan fingerprint density at radius 1 is 0.304 bits per heavy atom. The fraction of sp³-hybridized carbons (Fsp3) is 0.796. The second kappa shape index (κ2) is 82.9. The van der Waals surface area contributed by atoms with E-state index in [2.05, 4.69) is 111 Å². The average molecular weight is 1430 g/mol. The molecule has 0 saturated carbocycles. The van der Waals surface area contributed by atoms with Gasteiger partial charge in [-0.05, 0) is 77.0 Å². The lowest BCUT2D eigenvalue weighted by atomic mass is 10.0. The summed E-state index contributed by atoms with van der Waals surface area (Å²) in [7, 11) is 5.95. The van der Waals surface area contributed by atoms with E-state index in [4.69, 9.17) is 18.9 Å². The third-order valence-corrected chi connectivity index (χ3v) is 19.6. The number of unbranched alkanes of at least 4 members (excludes halogenated alkanes) is 51. The van der Waals surface area contributed by atoms with E-state index in [0.29, 0.717) is 23.9 Å². The monoisotopic (exact) mass is 1430 g/mol. The first kappa shape index (κ1) is 98.2. The van der Waals surface area contributed by atoms with Gasteiger partial charge in [-0.3, -0.25) is 9.59 Å². The SMILES string of the molecule is CC/C=C\C/C=C\C/C=C\C/C=C\C/C=C\C/C=C\C/C=C\C/C=C\CCCCCCCCCCCCCCCCCCC(=O)OC(COC(=O)CCCCCCCCCCCCCCCCCCCCCCCCCCCCCCCCCCCCCC)COC(OCC[N+](C)(C)C)C(=O)[O-]. The highest BCUT2D eigenvalue weighted by molar-refractivity contribution is 5.70. The maximum Gasteiger partial charge on any atom is 0.306 e. The first-order valence-corrected chi connectivity index (χ1v) is 43.9. The molecule has 0 heterocycles. The van der Waals surface area contributed by atoms with Crippen molar-refractivity contribution in [2.75, 3.05) is 47.5 Å². The number of ether oxygens (including phenoxy) is 4. The molecule has 0 fully saturated rings. The molecule has 0 aliphatic carbocycles. The van der Waals surface area contributed by atoms with Gasteiger partial charge in [-0.2, -0.15) is 0 Å². The number of carbonyl (C=O) groups excluding carboxylic acids is 3. The number of hydrogen-bond acceptors (Lipinski definition) is 8. The van der Waals surface area contributed by atoms with Crippen molar-refractivity contribution in [3.63, 3.8) is 0 Å². The molecular formula is C93H167NO8. The van der Waals surface area contributed by atoms with Crippen LogP contribution in [0.4, 0.5) is 0 Å². The Kier molecular flexibility index (Phi) is 79.8. The highest BCUT2D eigenvalue weighted by Crippen LogP contribution is 2.20. The fourth-order valence-electron chi connectivity index (χ4n) is 13.0. The Morgan fingerprint density at radius 3 is 0.833 bits per heavy atom. The van der Waals surface area contributed by atoms with E-state index >= 15 is 0 Å². The van der Waals surface area contributed by atoms with Crippen molar-refractivity contribution in [1.82, 2.24) is 0 Å². The van der Waals surface area contributed by atoms with E-state index in [1.54, 1.807) is 0 Å². The van der Waals surface area contributed by atoms with Gasteiger partial charge >= 0.3 is 11.9 Å². The second-order valence-corrected chi connectivity index (χ2v) is 30.8. The van der Waals surface area contributed by atoms with Gasteiger partial charge in [0, 0.05) is 12.8 Å². The number of esters is 2. The molecule has 102 heavy (non-hydrogen) atoms. The topological polar surface area (TPSA) is 111 Å². The van der Waals surface area contributed by atoms with Gasteiger partial charge in [0.05, 0.1) is 40.3 Å². The molecule has 9 nitrogen and oxygen atoms in total. The first-order valence-electron chi connectivity index (χ1n) is 43.9. The van der Waals surface area contributed by atoms with Crippen LogP contribution in [-0.4, -0.2) is 82.3 Å². The van der Waals surface area contributed by atoms with Gasteiger partial charge in [0.2, 0.25) is 0 Å². The fourth-order valence-corrected chi connectivity index (χ4v) is 13.0. The summed E-state index contributed by atoms with van der Waals surface area (Å²) in [5.41, 5.74) is 0. The largest absolute Gasteiger partial charge is 0.545 e. The lowest BCUT2D eigenvalue weighted by Gasteiger charge is -2.26. The second-order valence-electron chi connectivity index (χ2n) is 30.8. The molecule has 0 N–H and O–H groups in total. The van der Waals surface area contributed by atoms with Crippen LogP contribution in [0.15, 0.2) is 97.2 Å². The molecule has 0 rings (SSSR count). The van der Waals surface area contributed by atoms with Crippen molar-refractivity contribution in [2.45, 2.75) is 431 Å². The normalized spacial score (nSPS) is 13.1. The summed E-state index contributed by atoms with van der Waals surface area (Å²) in [5, 5.41) is 11.9. The van der Waals surface area contributed by atoms with Crippen LogP contribution in [0.5, 0.6) is 0 Å². The Labute approximate surface area is 632 Å². The molecule has 0 spiro atoms. The molecule has 2 atom stereocenters. The molecule has 0 aliphatic heterocycles. The number of rotatable bonds is 82. The summed E-state index contributed by atoms with van der Waals surface area (Å²) in [4.78, 5) is 37.7. The molecule has 0 aromatic carbocycles. The van der Waals surface area contributed by atoms with Crippen molar-refractivity contribution in [3.8, 4) is 0 Å². The minimum atomic E-state index is -1.62. The molecule has 592 valence electrons. The van der Waals surface area contributed by atoms with Gasteiger partial charge < -0.3 is 33.3 Å². The quantitative estimate of drug-likeness (QED) is 0.0195. The molecule has 0 aromatic rings. The van der Waals surface area contributed by atoms with E-state index in [0.717, 1.165) is 83.5 Å². The number of aliphatic carboxylic acids is 1. The molecule has 0 aromatic heterocycles. The number of quaternary nitrogens is 1. The summed E-state index contributed by atoms with van der Waals surface area (Å²) in [5.74, 6) is -2.26.